The molecular weight excluding hydrogens is 276 g/mol. The SMILES string of the molecule is COCCc1nc(O)c(Oc2cccc(OC)c2)c(=O)[nH]1. The third kappa shape index (κ3) is 3.73. The lowest BCUT2D eigenvalue weighted by molar-refractivity contribution is 0.200. The summed E-state index contributed by atoms with van der Waals surface area (Å²) in [5.41, 5.74) is -0.559. The highest BCUT2D eigenvalue weighted by Gasteiger charge is 2.13. The molecule has 0 bridgehead atoms. The number of H-pyrrole nitrogens is 1. The van der Waals surface area contributed by atoms with E-state index >= 15 is 0 Å². The summed E-state index contributed by atoms with van der Waals surface area (Å²) in [4.78, 5) is 18.3. The minimum Gasteiger partial charge on any atom is -0.497 e. The first-order valence-electron chi connectivity index (χ1n) is 6.27. The van der Waals surface area contributed by atoms with Crippen LogP contribution in [0.4, 0.5) is 0 Å². The van der Waals surface area contributed by atoms with Crippen molar-refractivity contribution in [3.63, 3.8) is 0 Å². The van der Waals surface area contributed by atoms with Crippen LogP contribution in [0.15, 0.2) is 29.1 Å². The molecule has 2 rings (SSSR count). The number of hydrogen-bond donors (Lipinski definition) is 2. The van der Waals surface area contributed by atoms with Crippen molar-refractivity contribution < 1.29 is 19.3 Å². The zero-order valence-electron chi connectivity index (χ0n) is 11.8. The van der Waals surface area contributed by atoms with Gasteiger partial charge in [0.15, 0.2) is 0 Å². The van der Waals surface area contributed by atoms with Gasteiger partial charge in [-0.2, -0.15) is 4.98 Å². The molecule has 0 aliphatic rings. The Balaban J connectivity index is 2.25. The van der Waals surface area contributed by atoms with Gasteiger partial charge in [-0.25, -0.2) is 0 Å². The van der Waals surface area contributed by atoms with Gasteiger partial charge < -0.3 is 24.3 Å². The van der Waals surface area contributed by atoms with Crippen LogP contribution in [0.3, 0.4) is 0 Å². The van der Waals surface area contributed by atoms with Crippen LogP contribution >= 0.6 is 0 Å². The van der Waals surface area contributed by atoms with E-state index in [2.05, 4.69) is 9.97 Å². The highest BCUT2D eigenvalue weighted by molar-refractivity contribution is 5.39. The summed E-state index contributed by atoms with van der Waals surface area (Å²) in [5.74, 6) is 0.545. The lowest BCUT2D eigenvalue weighted by Crippen LogP contribution is -2.14. The van der Waals surface area contributed by atoms with E-state index in [0.717, 1.165) is 0 Å². The first-order valence-corrected chi connectivity index (χ1v) is 6.27. The summed E-state index contributed by atoms with van der Waals surface area (Å²) in [6.45, 7) is 0.387. The Morgan fingerprint density at radius 1 is 1.29 bits per heavy atom. The Labute approximate surface area is 121 Å². The zero-order chi connectivity index (χ0) is 15.2. The minimum absolute atomic E-state index is 0.260. The Kier molecular flexibility index (Phi) is 4.78. The zero-order valence-corrected chi connectivity index (χ0v) is 11.8. The molecule has 7 heteroatoms. The predicted octanol–water partition coefficient (Wildman–Crippen LogP) is 1.47. The van der Waals surface area contributed by atoms with Crippen molar-refractivity contribution in [3.05, 3.63) is 40.4 Å². The van der Waals surface area contributed by atoms with Gasteiger partial charge in [-0.1, -0.05) is 6.07 Å². The van der Waals surface area contributed by atoms with E-state index in [1.54, 1.807) is 24.3 Å². The lowest BCUT2D eigenvalue weighted by atomic mass is 10.3. The highest BCUT2D eigenvalue weighted by atomic mass is 16.5. The molecule has 0 fully saturated rings. The van der Waals surface area contributed by atoms with Crippen LogP contribution < -0.4 is 15.0 Å². The standard InChI is InChI=1S/C14H16N2O5/c1-19-7-6-11-15-13(17)12(14(18)16-11)21-10-5-3-4-9(8-10)20-2/h3-5,8H,6-7H2,1-2H3,(H2,15,16,17,18). The molecule has 112 valence electrons. The Hall–Kier alpha value is -2.54. The number of aromatic hydroxyl groups is 1. The molecule has 1 aromatic carbocycles. The maximum atomic E-state index is 11.9. The maximum absolute atomic E-state index is 11.9. The van der Waals surface area contributed by atoms with Crippen molar-refractivity contribution in [1.82, 2.24) is 9.97 Å². The third-order valence-corrected chi connectivity index (χ3v) is 2.71. The second-order valence-electron chi connectivity index (χ2n) is 4.19. The van der Waals surface area contributed by atoms with E-state index in [1.807, 2.05) is 0 Å². The quantitative estimate of drug-likeness (QED) is 0.837. The van der Waals surface area contributed by atoms with Crippen molar-refractivity contribution in [1.29, 1.82) is 0 Å². The van der Waals surface area contributed by atoms with Crippen LogP contribution in [-0.2, 0) is 11.2 Å². The highest BCUT2D eigenvalue weighted by Crippen LogP contribution is 2.27. The summed E-state index contributed by atoms with van der Waals surface area (Å²) in [7, 11) is 3.06. The molecule has 7 nitrogen and oxygen atoms in total. The summed E-state index contributed by atoms with van der Waals surface area (Å²) in [6.07, 6.45) is 0.388. The first kappa shape index (κ1) is 14.9. The maximum Gasteiger partial charge on any atom is 0.298 e. The van der Waals surface area contributed by atoms with Crippen molar-refractivity contribution >= 4 is 0 Å². The molecule has 2 aromatic rings. The average molecular weight is 292 g/mol. The Morgan fingerprint density at radius 3 is 2.71 bits per heavy atom. The van der Waals surface area contributed by atoms with E-state index < -0.39 is 11.4 Å². The van der Waals surface area contributed by atoms with Crippen LogP contribution in [-0.4, -0.2) is 35.9 Å². The summed E-state index contributed by atoms with van der Waals surface area (Å²) >= 11 is 0. The number of ether oxygens (including phenoxy) is 3. The summed E-state index contributed by atoms with van der Waals surface area (Å²) in [5, 5.41) is 9.83. The number of hydrogen-bond acceptors (Lipinski definition) is 6. The van der Waals surface area contributed by atoms with Gasteiger partial charge in [-0.05, 0) is 12.1 Å². The topological polar surface area (TPSA) is 93.7 Å². The fourth-order valence-electron chi connectivity index (χ4n) is 1.69. The van der Waals surface area contributed by atoms with E-state index in [4.69, 9.17) is 14.2 Å². The largest absolute Gasteiger partial charge is 0.497 e. The van der Waals surface area contributed by atoms with Gasteiger partial charge in [0, 0.05) is 19.6 Å². The molecule has 0 radical (unpaired) electrons. The molecule has 0 atom stereocenters. The molecular formula is C14H16N2O5. The molecule has 0 spiro atoms. The normalized spacial score (nSPS) is 10.4. The number of aromatic amines is 1. The molecule has 0 saturated carbocycles. The number of nitrogens with zero attached hydrogens (tertiary/aromatic N) is 1. The minimum atomic E-state index is -0.559. The molecule has 0 aliphatic heterocycles. The van der Waals surface area contributed by atoms with Crippen LogP contribution in [0.25, 0.3) is 0 Å². The lowest BCUT2D eigenvalue weighted by Gasteiger charge is -2.08. The van der Waals surface area contributed by atoms with Crippen molar-refractivity contribution in [3.8, 4) is 23.1 Å². The van der Waals surface area contributed by atoms with Crippen molar-refractivity contribution in [2.45, 2.75) is 6.42 Å². The smallest absolute Gasteiger partial charge is 0.298 e. The second kappa shape index (κ2) is 6.76. The summed E-state index contributed by atoms with van der Waals surface area (Å²) < 4.78 is 15.3. The molecule has 0 aliphatic carbocycles. The van der Waals surface area contributed by atoms with E-state index in [9.17, 15) is 9.90 Å². The van der Waals surface area contributed by atoms with E-state index in [0.29, 0.717) is 30.4 Å². The van der Waals surface area contributed by atoms with Crippen LogP contribution in [0.5, 0.6) is 23.1 Å². The van der Waals surface area contributed by atoms with Crippen molar-refractivity contribution in [2.24, 2.45) is 0 Å². The van der Waals surface area contributed by atoms with Gasteiger partial charge in [0.25, 0.3) is 17.2 Å². The van der Waals surface area contributed by atoms with Gasteiger partial charge in [0.1, 0.15) is 17.3 Å². The fourth-order valence-corrected chi connectivity index (χ4v) is 1.69. The number of nitrogens with one attached hydrogen (secondary N) is 1. The van der Waals surface area contributed by atoms with Gasteiger partial charge in [-0.3, -0.25) is 4.79 Å². The third-order valence-electron chi connectivity index (χ3n) is 2.71. The van der Waals surface area contributed by atoms with Crippen LogP contribution in [0.2, 0.25) is 0 Å². The predicted molar refractivity (Wildman–Crippen MR) is 75.2 cm³/mol. The second-order valence-corrected chi connectivity index (χ2v) is 4.19. The number of methoxy groups -OCH3 is 2. The molecule has 1 heterocycles. The molecule has 0 unspecified atom stereocenters. The van der Waals surface area contributed by atoms with Crippen LogP contribution in [0.1, 0.15) is 5.82 Å². The Morgan fingerprint density at radius 2 is 2.05 bits per heavy atom. The molecule has 2 N–H and O–H groups in total. The van der Waals surface area contributed by atoms with Crippen LogP contribution in [0, 0.1) is 0 Å². The summed E-state index contributed by atoms with van der Waals surface area (Å²) in [6, 6.07) is 6.68. The number of benzene rings is 1. The average Bonchev–Trinajstić information content (AvgIpc) is 2.49. The molecule has 21 heavy (non-hydrogen) atoms. The molecule has 0 saturated heterocycles. The van der Waals surface area contributed by atoms with Gasteiger partial charge in [0.05, 0.1) is 13.7 Å². The van der Waals surface area contributed by atoms with E-state index in [1.165, 1.54) is 14.2 Å². The monoisotopic (exact) mass is 292 g/mol. The van der Waals surface area contributed by atoms with Gasteiger partial charge in [0.2, 0.25) is 0 Å². The Bertz CT molecular complexity index is 669. The number of aromatic nitrogens is 2. The van der Waals surface area contributed by atoms with E-state index in [-0.39, 0.29) is 5.75 Å². The van der Waals surface area contributed by atoms with Gasteiger partial charge in [-0.15, -0.1) is 0 Å². The number of rotatable bonds is 6. The fraction of sp³-hybridized carbons (Fsp3) is 0.286. The molecule has 1 aromatic heterocycles. The first-order chi connectivity index (χ1) is 10.1. The molecule has 0 amide bonds. The van der Waals surface area contributed by atoms with Gasteiger partial charge >= 0.3 is 0 Å². The van der Waals surface area contributed by atoms with Crippen molar-refractivity contribution in [2.75, 3.05) is 20.8 Å².